The van der Waals surface area contributed by atoms with E-state index in [2.05, 4.69) is 32.2 Å². The van der Waals surface area contributed by atoms with Crippen LogP contribution in [0.25, 0.3) is 0 Å². The average Bonchev–Trinajstić information content (AvgIpc) is 3.01. The zero-order chi connectivity index (χ0) is 11.0. The van der Waals surface area contributed by atoms with E-state index in [4.69, 9.17) is 0 Å². The van der Waals surface area contributed by atoms with Crippen LogP contribution in [0.2, 0.25) is 0 Å². The van der Waals surface area contributed by atoms with Crippen molar-refractivity contribution in [3.05, 3.63) is 29.9 Å². The minimum atomic E-state index is 0.116. The molecule has 1 aliphatic heterocycles. The second kappa shape index (κ2) is 3.75. The molecule has 0 aromatic carbocycles. The highest BCUT2D eigenvalue weighted by atomic mass is 15.4. The van der Waals surface area contributed by atoms with Gasteiger partial charge in [-0.15, -0.1) is 0 Å². The van der Waals surface area contributed by atoms with Crippen LogP contribution in [0.1, 0.15) is 18.7 Å². The fourth-order valence-electron chi connectivity index (χ4n) is 1.83. The number of aromatic nitrogens is 2. The Kier molecular flexibility index (Phi) is 2.25. The number of hydrogen-bond donors (Lipinski definition) is 3. The maximum absolute atomic E-state index is 4.30. The Labute approximate surface area is 94.3 Å². The van der Waals surface area contributed by atoms with Crippen molar-refractivity contribution in [3.8, 4) is 0 Å². The van der Waals surface area contributed by atoms with Crippen LogP contribution in [0.4, 0.5) is 5.82 Å². The van der Waals surface area contributed by atoms with Crippen LogP contribution < -0.4 is 16.2 Å². The molecule has 0 amide bonds. The summed E-state index contributed by atoms with van der Waals surface area (Å²) in [5.41, 5.74) is 7.70. The second-order valence-electron chi connectivity index (χ2n) is 4.28. The van der Waals surface area contributed by atoms with Crippen LogP contribution in [0, 0.1) is 12.8 Å². The molecule has 3 N–H and O–H groups in total. The molecule has 5 heteroatoms. The van der Waals surface area contributed by atoms with E-state index in [9.17, 15) is 0 Å². The van der Waals surface area contributed by atoms with Crippen molar-refractivity contribution in [2.24, 2.45) is 5.92 Å². The van der Waals surface area contributed by atoms with Gasteiger partial charge >= 0.3 is 0 Å². The number of aryl methyl sites for hydroxylation is 1. The van der Waals surface area contributed by atoms with Crippen LogP contribution in [-0.4, -0.2) is 16.1 Å². The fraction of sp³-hybridized carbons (Fsp3) is 0.455. The summed E-state index contributed by atoms with van der Waals surface area (Å²) in [5.74, 6) is 2.37. The van der Waals surface area contributed by atoms with Crippen LogP contribution >= 0.6 is 0 Å². The van der Waals surface area contributed by atoms with E-state index in [1.165, 1.54) is 18.5 Å². The molecule has 0 spiro atoms. The lowest BCUT2D eigenvalue weighted by Gasteiger charge is -2.11. The quantitative estimate of drug-likeness (QED) is 0.703. The molecule has 2 heterocycles. The van der Waals surface area contributed by atoms with Gasteiger partial charge < -0.3 is 10.7 Å². The van der Waals surface area contributed by atoms with Gasteiger partial charge in [-0.3, -0.25) is 0 Å². The first kappa shape index (κ1) is 9.59. The van der Waals surface area contributed by atoms with Gasteiger partial charge in [-0.1, -0.05) is 0 Å². The summed E-state index contributed by atoms with van der Waals surface area (Å²) in [6.07, 6.45) is 6.68. The molecule has 0 saturated heterocycles. The van der Waals surface area contributed by atoms with Crippen molar-refractivity contribution >= 4 is 5.82 Å². The Hall–Kier alpha value is -1.62. The highest BCUT2D eigenvalue weighted by molar-refractivity contribution is 5.37. The van der Waals surface area contributed by atoms with E-state index >= 15 is 0 Å². The minimum absolute atomic E-state index is 0.116. The van der Waals surface area contributed by atoms with E-state index in [0.717, 1.165) is 17.6 Å². The molecular formula is C11H15N5. The van der Waals surface area contributed by atoms with Crippen molar-refractivity contribution in [2.75, 3.05) is 5.32 Å². The molecular weight excluding hydrogens is 202 g/mol. The summed E-state index contributed by atoms with van der Waals surface area (Å²) in [4.78, 5) is 8.37. The minimum Gasteiger partial charge on any atom is -0.350 e. The molecule has 16 heavy (non-hydrogen) atoms. The van der Waals surface area contributed by atoms with E-state index in [1.54, 1.807) is 6.20 Å². The summed E-state index contributed by atoms with van der Waals surface area (Å²) >= 11 is 0. The molecule has 0 radical (unpaired) electrons. The highest BCUT2D eigenvalue weighted by Crippen LogP contribution is 2.35. The van der Waals surface area contributed by atoms with Crippen molar-refractivity contribution in [1.29, 1.82) is 0 Å². The molecule has 5 nitrogen and oxygen atoms in total. The Morgan fingerprint density at radius 3 is 3.06 bits per heavy atom. The molecule has 1 aromatic rings. The van der Waals surface area contributed by atoms with E-state index < -0.39 is 0 Å². The zero-order valence-electron chi connectivity index (χ0n) is 9.20. The molecule has 1 aromatic heterocycles. The number of rotatable bonds is 3. The zero-order valence-corrected chi connectivity index (χ0v) is 9.20. The maximum Gasteiger partial charge on any atom is 0.131 e. The third kappa shape index (κ3) is 1.99. The molecule has 1 atom stereocenters. The Morgan fingerprint density at radius 2 is 2.31 bits per heavy atom. The third-order valence-electron chi connectivity index (χ3n) is 2.81. The maximum atomic E-state index is 4.30. The standard InChI is InChI=1S/C11H15N5/c1-7-12-5-4-10(13-7)14-11-6-9(15-16-11)8-2-3-8/h4-6,8,11,15-16H,2-3H2,1H3,(H,12,13,14). The Balaban J connectivity index is 1.67. The first-order valence-corrected chi connectivity index (χ1v) is 5.61. The van der Waals surface area contributed by atoms with Crippen LogP contribution in [0.15, 0.2) is 24.0 Å². The number of hydrazine groups is 1. The van der Waals surface area contributed by atoms with Gasteiger partial charge in [0.2, 0.25) is 0 Å². The predicted molar refractivity (Wildman–Crippen MR) is 61.3 cm³/mol. The molecule has 3 rings (SSSR count). The second-order valence-corrected chi connectivity index (χ2v) is 4.28. The summed E-state index contributed by atoms with van der Waals surface area (Å²) in [7, 11) is 0. The smallest absolute Gasteiger partial charge is 0.131 e. The predicted octanol–water partition coefficient (Wildman–Crippen LogP) is 0.925. The summed E-state index contributed by atoms with van der Waals surface area (Å²) in [6.45, 7) is 1.89. The molecule has 84 valence electrons. The highest BCUT2D eigenvalue weighted by Gasteiger charge is 2.29. The van der Waals surface area contributed by atoms with E-state index in [1.807, 2.05) is 13.0 Å². The monoisotopic (exact) mass is 217 g/mol. The van der Waals surface area contributed by atoms with E-state index in [-0.39, 0.29) is 6.17 Å². The van der Waals surface area contributed by atoms with Crippen LogP contribution in [0.3, 0.4) is 0 Å². The number of nitrogens with one attached hydrogen (secondary N) is 3. The first-order chi connectivity index (χ1) is 7.81. The van der Waals surface area contributed by atoms with Crippen molar-refractivity contribution in [1.82, 2.24) is 20.8 Å². The topological polar surface area (TPSA) is 61.9 Å². The van der Waals surface area contributed by atoms with Gasteiger partial charge in [0.05, 0.1) is 0 Å². The average molecular weight is 217 g/mol. The molecule has 1 unspecified atom stereocenters. The van der Waals surface area contributed by atoms with Gasteiger partial charge in [0.1, 0.15) is 17.8 Å². The lowest BCUT2D eigenvalue weighted by atomic mass is 10.3. The van der Waals surface area contributed by atoms with Crippen molar-refractivity contribution in [2.45, 2.75) is 25.9 Å². The molecule has 1 aliphatic carbocycles. The number of anilines is 1. The Bertz CT molecular complexity index is 424. The lowest BCUT2D eigenvalue weighted by molar-refractivity contribution is 0.599. The van der Waals surface area contributed by atoms with Crippen molar-refractivity contribution < 1.29 is 0 Å². The van der Waals surface area contributed by atoms with Gasteiger partial charge in [-0.05, 0) is 37.8 Å². The van der Waals surface area contributed by atoms with Gasteiger partial charge in [-0.2, -0.15) is 0 Å². The molecule has 0 bridgehead atoms. The van der Waals surface area contributed by atoms with Crippen LogP contribution in [-0.2, 0) is 0 Å². The van der Waals surface area contributed by atoms with Crippen LogP contribution in [0.5, 0.6) is 0 Å². The lowest BCUT2D eigenvalue weighted by Crippen LogP contribution is -2.37. The molecule has 2 aliphatic rings. The van der Waals surface area contributed by atoms with E-state index in [0.29, 0.717) is 0 Å². The summed E-state index contributed by atoms with van der Waals surface area (Å²) in [5, 5.41) is 3.29. The summed E-state index contributed by atoms with van der Waals surface area (Å²) < 4.78 is 0. The number of nitrogens with zero attached hydrogens (tertiary/aromatic N) is 2. The van der Waals surface area contributed by atoms with Gasteiger partial charge in [0, 0.05) is 11.9 Å². The normalized spacial score (nSPS) is 23.8. The summed E-state index contributed by atoms with van der Waals surface area (Å²) in [6, 6.07) is 1.87. The fourth-order valence-corrected chi connectivity index (χ4v) is 1.83. The molecule has 1 saturated carbocycles. The molecule has 1 fully saturated rings. The van der Waals surface area contributed by atoms with Crippen molar-refractivity contribution in [3.63, 3.8) is 0 Å². The van der Waals surface area contributed by atoms with Gasteiger partial charge in [0.25, 0.3) is 0 Å². The van der Waals surface area contributed by atoms with Gasteiger partial charge in [0.15, 0.2) is 0 Å². The number of hydrogen-bond acceptors (Lipinski definition) is 5. The first-order valence-electron chi connectivity index (χ1n) is 5.61. The number of allylic oxidation sites excluding steroid dienone is 1. The SMILES string of the molecule is Cc1nccc(NC2C=C(C3CC3)NN2)n1. The Morgan fingerprint density at radius 1 is 1.44 bits per heavy atom. The third-order valence-corrected chi connectivity index (χ3v) is 2.81. The largest absolute Gasteiger partial charge is 0.350 e. The van der Waals surface area contributed by atoms with Gasteiger partial charge in [-0.25, -0.2) is 15.4 Å².